The molecule has 2 atom stereocenters. The standard InChI is InChI=1S/C30H35N3O4/c1-5-22(35)13-9-10-14-24(28-19(2)32-26-16-15-23(36-4)17-25(26)28)29(33-20(3)34)30-31-18-27(37-30)21-11-7-6-8-12-21/h6-8,11-12,15-18,24,29,32H,5,9-10,13-14H2,1-4H3,(H,33,34)/t24-,29-/m0/s1. The minimum absolute atomic E-state index is 0.135. The number of H-pyrrole nitrogens is 1. The Hall–Kier alpha value is -3.87. The molecule has 4 rings (SSSR count). The van der Waals surface area contributed by atoms with Crippen LogP contribution in [0.15, 0.2) is 59.1 Å². The van der Waals surface area contributed by atoms with E-state index in [2.05, 4.69) is 15.3 Å². The first-order valence-electron chi connectivity index (χ1n) is 12.9. The minimum atomic E-state index is -0.485. The molecular formula is C30H35N3O4. The Morgan fingerprint density at radius 2 is 1.92 bits per heavy atom. The lowest BCUT2D eigenvalue weighted by molar-refractivity contribution is -0.120. The summed E-state index contributed by atoms with van der Waals surface area (Å²) in [6.45, 7) is 5.45. The summed E-state index contributed by atoms with van der Waals surface area (Å²) in [6.07, 6.45) is 5.19. The molecule has 2 aromatic carbocycles. The molecule has 0 saturated carbocycles. The van der Waals surface area contributed by atoms with Crippen LogP contribution in [-0.2, 0) is 9.59 Å². The fraction of sp³-hybridized carbons (Fsp3) is 0.367. The molecule has 0 bridgehead atoms. The number of benzene rings is 2. The molecule has 2 N–H and O–H groups in total. The lowest BCUT2D eigenvalue weighted by Crippen LogP contribution is -2.31. The monoisotopic (exact) mass is 501 g/mol. The predicted octanol–water partition coefficient (Wildman–Crippen LogP) is 6.64. The molecule has 37 heavy (non-hydrogen) atoms. The molecule has 194 valence electrons. The van der Waals surface area contributed by atoms with E-state index >= 15 is 0 Å². The highest BCUT2D eigenvalue weighted by Crippen LogP contribution is 2.42. The molecule has 7 nitrogen and oxygen atoms in total. The summed E-state index contributed by atoms with van der Waals surface area (Å²) >= 11 is 0. The first kappa shape index (κ1) is 26.2. The number of nitrogens with zero attached hydrogens (tertiary/aromatic N) is 1. The van der Waals surface area contributed by atoms with Crippen LogP contribution < -0.4 is 10.1 Å². The molecule has 0 aliphatic rings. The van der Waals surface area contributed by atoms with Gasteiger partial charge in [-0.15, -0.1) is 0 Å². The van der Waals surface area contributed by atoms with Crippen molar-refractivity contribution in [3.63, 3.8) is 0 Å². The molecule has 2 heterocycles. The number of amides is 1. The Kier molecular flexibility index (Phi) is 8.43. The van der Waals surface area contributed by atoms with Crippen LogP contribution in [-0.4, -0.2) is 28.8 Å². The zero-order valence-corrected chi connectivity index (χ0v) is 22.0. The molecule has 0 fully saturated rings. The summed E-state index contributed by atoms with van der Waals surface area (Å²) in [5.74, 6) is 1.84. The van der Waals surface area contributed by atoms with Gasteiger partial charge in [-0.1, -0.05) is 43.7 Å². The van der Waals surface area contributed by atoms with Crippen LogP contribution in [0.5, 0.6) is 5.75 Å². The van der Waals surface area contributed by atoms with Crippen LogP contribution in [0, 0.1) is 6.92 Å². The molecule has 1 amide bonds. The Labute approximate surface area is 217 Å². The van der Waals surface area contributed by atoms with E-state index in [0.717, 1.165) is 52.7 Å². The van der Waals surface area contributed by atoms with Gasteiger partial charge in [-0.2, -0.15) is 0 Å². The highest BCUT2D eigenvalue weighted by atomic mass is 16.5. The molecule has 0 radical (unpaired) electrons. The molecule has 0 spiro atoms. The fourth-order valence-corrected chi connectivity index (χ4v) is 4.99. The number of aromatic amines is 1. The maximum atomic E-state index is 12.4. The van der Waals surface area contributed by atoms with E-state index in [-0.39, 0.29) is 17.6 Å². The van der Waals surface area contributed by atoms with Crippen molar-refractivity contribution in [3.05, 3.63) is 71.9 Å². The minimum Gasteiger partial charge on any atom is -0.497 e. The van der Waals surface area contributed by atoms with Crippen LogP contribution in [0.1, 0.15) is 75.1 Å². The number of methoxy groups -OCH3 is 1. The van der Waals surface area contributed by atoms with Gasteiger partial charge in [0.1, 0.15) is 17.6 Å². The summed E-state index contributed by atoms with van der Waals surface area (Å²) in [7, 11) is 1.65. The van der Waals surface area contributed by atoms with Gasteiger partial charge in [0.05, 0.1) is 13.3 Å². The average molecular weight is 502 g/mol. The van der Waals surface area contributed by atoms with E-state index in [0.29, 0.717) is 24.5 Å². The topological polar surface area (TPSA) is 97.2 Å². The number of carbonyl (C=O) groups excluding carboxylic acids is 2. The zero-order chi connectivity index (χ0) is 26.4. The van der Waals surface area contributed by atoms with Crippen molar-refractivity contribution in [2.45, 2.75) is 64.8 Å². The number of aryl methyl sites for hydroxylation is 1. The van der Waals surface area contributed by atoms with Crippen LogP contribution in [0.25, 0.3) is 22.2 Å². The van der Waals surface area contributed by atoms with Crippen molar-refractivity contribution in [1.82, 2.24) is 15.3 Å². The number of fused-ring (bicyclic) bond motifs is 1. The number of nitrogens with one attached hydrogen (secondary N) is 2. The molecule has 4 aromatic rings. The number of oxazole rings is 1. The largest absolute Gasteiger partial charge is 0.497 e. The van der Waals surface area contributed by atoms with Gasteiger partial charge < -0.3 is 19.5 Å². The van der Waals surface area contributed by atoms with E-state index in [9.17, 15) is 9.59 Å². The summed E-state index contributed by atoms with van der Waals surface area (Å²) in [4.78, 5) is 32.5. The normalized spacial score (nSPS) is 12.9. The number of Topliss-reactive ketones (excluding diaryl/α,β-unsaturated/α-hetero) is 1. The molecule has 7 heteroatoms. The fourth-order valence-electron chi connectivity index (χ4n) is 4.99. The van der Waals surface area contributed by atoms with Crippen LogP contribution >= 0.6 is 0 Å². The number of hydrogen-bond acceptors (Lipinski definition) is 5. The maximum absolute atomic E-state index is 12.4. The molecule has 0 aliphatic heterocycles. The second kappa shape index (κ2) is 11.9. The van der Waals surface area contributed by atoms with Crippen molar-refractivity contribution in [2.75, 3.05) is 7.11 Å². The summed E-state index contributed by atoms with van der Waals surface area (Å²) < 4.78 is 11.8. The first-order chi connectivity index (χ1) is 17.9. The number of ketones is 1. The Balaban J connectivity index is 1.77. The van der Waals surface area contributed by atoms with Crippen LogP contribution in [0.2, 0.25) is 0 Å². The SMILES string of the molecule is CCC(=O)CCCC[C@@H](c1c(C)[nH]c2ccc(OC)cc12)[C@H](NC(C)=O)c1ncc(-c2ccccc2)o1. The van der Waals surface area contributed by atoms with Crippen molar-refractivity contribution in [1.29, 1.82) is 0 Å². The van der Waals surface area contributed by atoms with Crippen molar-refractivity contribution >= 4 is 22.6 Å². The van der Waals surface area contributed by atoms with E-state index in [1.165, 1.54) is 6.92 Å². The lowest BCUT2D eigenvalue weighted by atomic mass is 9.84. The lowest BCUT2D eigenvalue weighted by Gasteiger charge is -2.26. The average Bonchev–Trinajstić information content (AvgIpc) is 3.52. The third-order valence-electron chi connectivity index (χ3n) is 6.84. The van der Waals surface area contributed by atoms with Gasteiger partial charge >= 0.3 is 0 Å². The van der Waals surface area contributed by atoms with Gasteiger partial charge in [-0.25, -0.2) is 4.98 Å². The smallest absolute Gasteiger partial charge is 0.218 e. The molecular weight excluding hydrogens is 466 g/mol. The van der Waals surface area contributed by atoms with Crippen molar-refractivity contribution in [2.24, 2.45) is 0 Å². The second-order valence-corrected chi connectivity index (χ2v) is 9.43. The number of hydrogen-bond donors (Lipinski definition) is 2. The van der Waals surface area contributed by atoms with Gasteiger partial charge in [-0.3, -0.25) is 9.59 Å². The van der Waals surface area contributed by atoms with Gasteiger partial charge in [0.2, 0.25) is 11.8 Å². The van der Waals surface area contributed by atoms with E-state index in [4.69, 9.17) is 9.15 Å². The number of unbranched alkanes of at least 4 members (excludes halogenated alkanes) is 1. The number of aromatic nitrogens is 2. The highest BCUT2D eigenvalue weighted by Gasteiger charge is 2.32. The molecule has 2 aromatic heterocycles. The Bertz CT molecular complexity index is 1360. The Morgan fingerprint density at radius 1 is 1.14 bits per heavy atom. The third-order valence-corrected chi connectivity index (χ3v) is 6.84. The van der Waals surface area contributed by atoms with E-state index in [1.54, 1.807) is 13.3 Å². The van der Waals surface area contributed by atoms with Gasteiger partial charge in [0.25, 0.3) is 0 Å². The van der Waals surface area contributed by atoms with Crippen molar-refractivity contribution < 1.29 is 18.7 Å². The number of rotatable bonds is 12. The number of carbonyl (C=O) groups is 2. The van der Waals surface area contributed by atoms with E-state index < -0.39 is 6.04 Å². The van der Waals surface area contributed by atoms with Crippen LogP contribution in [0.3, 0.4) is 0 Å². The third kappa shape index (κ3) is 6.10. The predicted molar refractivity (Wildman–Crippen MR) is 145 cm³/mol. The summed E-state index contributed by atoms with van der Waals surface area (Å²) in [5, 5.41) is 4.16. The zero-order valence-electron chi connectivity index (χ0n) is 22.0. The molecule has 0 aliphatic carbocycles. The van der Waals surface area contributed by atoms with E-state index in [1.807, 2.05) is 62.4 Å². The second-order valence-electron chi connectivity index (χ2n) is 9.43. The van der Waals surface area contributed by atoms with Crippen LogP contribution in [0.4, 0.5) is 0 Å². The first-order valence-corrected chi connectivity index (χ1v) is 12.9. The number of ether oxygens (including phenoxy) is 1. The highest BCUT2D eigenvalue weighted by molar-refractivity contribution is 5.87. The summed E-state index contributed by atoms with van der Waals surface area (Å²) in [5.41, 5.74) is 4.03. The molecule has 0 saturated heterocycles. The summed E-state index contributed by atoms with van der Waals surface area (Å²) in [6, 6.07) is 15.3. The van der Waals surface area contributed by atoms with Gasteiger partial charge in [0.15, 0.2) is 5.76 Å². The maximum Gasteiger partial charge on any atom is 0.218 e. The quantitative estimate of drug-likeness (QED) is 0.212. The Morgan fingerprint density at radius 3 is 2.62 bits per heavy atom. The molecule has 0 unspecified atom stereocenters. The van der Waals surface area contributed by atoms with Crippen molar-refractivity contribution in [3.8, 4) is 17.1 Å². The van der Waals surface area contributed by atoms with Gasteiger partial charge in [-0.05, 0) is 43.5 Å². The van der Waals surface area contributed by atoms with Gasteiger partial charge in [0, 0.05) is 47.8 Å².